The average molecular weight is 267 g/mol. The molecule has 96 valence electrons. The Morgan fingerprint density at radius 2 is 2.33 bits per heavy atom. The molecule has 1 amide bonds. The van der Waals surface area contributed by atoms with Gasteiger partial charge in [-0.15, -0.1) is 0 Å². The zero-order valence-corrected chi connectivity index (χ0v) is 10.8. The lowest BCUT2D eigenvalue weighted by molar-refractivity contribution is -0.121. The minimum absolute atomic E-state index is 0.0177. The van der Waals surface area contributed by atoms with Crippen LogP contribution in [0, 0.1) is 10.6 Å². The Bertz CT molecular complexity index is 632. The summed E-state index contributed by atoms with van der Waals surface area (Å²) >= 11 is 5.17. The van der Waals surface area contributed by atoms with Crippen molar-refractivity contribution in [2.24, 2.45) is 0 Å². The molecule has 0 aliphatic rings. The third kappa shape index (κ3) is 2.59. The van der Waals surface area contributed by atoms with E-state index in [9.17, 15) is 9.18 Å². The first-order valence-corrected chi connectivity index (χ1v) is 6.17. The van der Waals surface area contributed by atoms with E-state index in [1.54, 1.807) is 10.6 Å². The molecule has 0 unspecified atom stereocenters. The number of imidazole rings is 1. The van der Waals surface area contributed by atoms with Crippen molar-refractivity contribution in [3.8, 4) is 0 Å². The van der Waals surface area contributed by atoms with Crippen LogP contribution in [-0.4, -0.2) is 22.0 Å². The fourth-order valence-electron chi connectivity index (χ4n) is 1.86. The second kappa shape index (κ2) is 5.30. The topological polar surface area (TPSA) is 49.8 Å². The number of aromatic nitrogens is 2. The lowest BCUT2D eigenvalue weighted by atomic mass is 10.3. The van der Waals surface area contributed by atoms with E-state index in [2.05, 4.69) is 10.3 Å². The highest BCUT2D eigenvalue weighted by molar-refractivity contribution is 7.71. The summed E-state index contributed by atoms with van der Waals surface area (Å²) in [5, 5.41) is 2.73. The second-order valence-electron chi connectivity index (χ2n) is 3.95. The first-order chi connectivity index (χ1) is 8.61. The maximum atomic E-state index is 13.1. The molecular formula is C12H14FN3OS. The highest BCUT2D eigenvalue weighted by Gasteiger charge is 2.07. The lowest BCUT2D eigenvalue weighted by Gasteiger charge is -2.04. The summed E-state index contributed by atoms with van der Waals surface area (Å²) in [5.41, 5.74) is 1.46. The van der Waals surface area contributed by atoms with Crippen molar-refractivity contribution in [2.75, 3.05) is 6.54 Å². The number of fused-ring (bicyclic) bond motifs is 1. The summed E-state index contributed by atoms with van der Waals surface area (Å²) in [6.45, 7) is 2.97. The van der Waals surface area contributed by atoms with Gasteiger partial charge in [0.05, 0.1) is 11.0 Å². The zero-order valence-electron chi connectivity index (χ0n) is 10.00. The van der Waals surface area contributed by atoms with E-state index in [0.717, 1.165) is 5.52 Å². The van der Waals surface area contributed by atoms with Crippen molar-refractivity contribution >= 4 is 29.2 Å². The molecule has 0 spiro atoms. The summed E-state index contributed by atoms with van der Waals surface area (Å²) in [6, 6.07) is 4.44. The van der Waals surface area contributed by atoms with Crippen LogP contribution >= 0.6 is 12.2 Å². The van der Waals surface area contributed by atoms with Crippen molar-refractivity contribution < 1.29 is 9.18 Å². The number of hydrogen-bond acceptors (Lipinski definition) is 2. The van der Waals surface area contributed by atoms with Crippen LogP contribution in [0.15, 0.2) is 18.2 Å². The maximum absolute atomic E-state index is 13.1. The fourth-order valence-corrected chi connectivity index (χ4v) is 2.16. The molecule has 0 atom stereocenters. The summed E-state index contributed by atoms with van der Waals surface area (Å²) in [4.78, 5) is 14.3. The number of aromatic amines is 1. The predicted molar refractivity (Wildman–Crippen MR) is 70.4 cm³/mol. The van der Waals surface area contributed by atoms with E-state index >= 15 is 0 Å². The Morgan fingerprint density at radius 1 is 1.56 bits per heavy atom. The molecule has 0 saturated heterocycles. The van der Waals surface area contributed by atoms with Gasteiger partial charge in [-0.2, -0.15) is 0 Å². The summed E-state index contributed by atoms with van der Waals surface area (Å²) in [7, 11) is 0. The number of carbonyl (C=O) groups excluding carboxylic acids is 1. The quantitative estimate of drug-likeness (QED) is 0.836. The molecule has 1 aromatic carbocycles. The Labute approximate surface area is 109 Å². The number of benzene rings is 1. The van der Waals surface area contributed by atoms with Gasteiger partial charge >= 0.3 is 0 Å². The molecule has 0 bridgehead atoms. The fraction of sp³-hybridized carbons (Fsp3) is 0.333. The monoisotopic (exact) mass is 267 g/mol. The van der Waals surface area contributed by atoms with Crippen LogP contribution in [0.3, 0.4) is 0 Å². The molecule has 1 aromatic heterocycles. The first-order valence-electron chi connectivity index (χ1n) is 5.76. The molecule has 0 aliphatic carbocycles. The van der Waals surface area contributed by atoms with Gasteiger partial charge in [-0.25, -0.2) is 4.39 Å². The van der Waals surface area contributed by atoms with Gasteiger partial charge in [-0.3, -0.25) is 4.79 Å². The van der Waals surface area contributed by atoms with Crippen molar-refractivity contribution in [1.82, 2.24) is 14.9 Å². The van der Waals surface area contributed by atoms with Crippen molar-refractivity contribution in [3.63, 3.8) is 0 Å². The minimum atomic E-state index is -0.311. The minimum Gasteiger partial charge on any atom is -0.356 e. The van der Waals surface area contributed by atoms with Gasteiger partial charge in [0.25, 0.3) is 0 Å². The molecule has 4 nitrogen and oxygen atoms in total. The molecule has 0 aliphatic heterocycles. The molecule has 0 saturated carbocycles. The largest absolute Gasteiger partial charge is 0.356 e. The molecule has 0 radical (unpaired) electrons. The van der Waals surface area contributed by atoms with E-state index in [1.807, 2.05) is 6.92 Å². The number of carbonyl (C=O) groups is 1. The summed E-state index contributed by atoms with van der Waals surface area (Å²) in [6.07, 6.45) is 0.354. The number of nitrogens with zero attached hydrogens (tertiary/aromatic N) is 1. The average Bonchev–Trinajstić information content (AvgIpc) is 2.61. The van der Waals surface area contributed by atoms with Crippen LogP contribution in [0.1, 0.15) is 13.3 Å². The Balaban J connectivity index is 2.25. The van der Waals surface area contributed by atoms with Crippen LogP contribution in [-0.2, 0) is 11.3 Å². The van der Waals surface area contributed by atoms with E-state index in [-0.39, 0.29) is 11.7 Å². The highest BCUT2D eigenvalue weighted by atomic mass is 32.1. The molecule has 0 fully saturated rings. The van der Waals surface area contributed by atoms with Crippen LogP contribution < -0.4 is 5.32 Å². The lowest BCUT2D eigenvalue weighted by Crippen LogP contribution is -2.23. The number of H-pyrrole nitrogens is 1. The van der Waals surface area contributed by atoms with Gasteiger partial charge in [-0.1, -0.05) is 0 Å². The third-order valence-corrected chi connectivity index (χ3v) is 3.00. The Kier molecular flexibility index (Phi) is 3.76. The molecule has 18 heavy (non-hydrogen) atoms. The van der Waals surface area contributed by atoms with E-state index < -0.39 is 0 Å². The van der Waals surface area contributed by atoms with Gasteiger partial charge in [0, 0.05) is 19.5 Å². The van der Waals surface area contributed by atoms with Gasteiger partial charge in [0.1, 0.15) is 5.82 Å². The molecular weight excluding hydrogens is 253 g/mol. The van der Waals surface area contributed by atoms with Gasteiger partial charge < -0.3 is 14.9 Å². The van der Waals surface area contributed by atoms with Crippen molar-refractivity contribution in [1.29, 1.82) is 0 Å². The van der Waals surface area contributed by atoms with Gasteiger partial charge in [-0.05, 0) is 37.3 Å². The van der Waals surface area contributed by atoms with E-state index in [1.165, 1.54) is 12.1 Å². The van der Waals surface area contributed by atoms with Crippen molar-refractivity contribution in [3.05, 3.63) is 28.8 Å². The normalized spacial score (nSPS) is 10.8. The zero-order chi connectivity index (χ0) is 13.1. The number of hydrogen-bond donors (Lipinski definition) is 2. The standard InChI is InChI=1S/C12H14FN3OS/c1-2-14-11(17)5-6-16-10-4-3-8(13)7-9(10)15-12(16)18/h3-4,7H,2,5-6H2,1H3,(H,14,17)(H,15,18). The second-order valence-corrected chi connectivity index (χ2v) is 4.33. The molecule has 1 heterocycles. The number of halogens is 1. The highest BCUT2D eigenvalue weighted by Crippen LogP contribution is 2.15. The molecule has 2 aromatic rings. The van der Waals surface area contributed by atoms with Crippen LogP contribution in [0.4, 0.5) is 4.39 Å². The summed E-state index contributed by atoms with van der Waals surface area (Å²) < 4.78 is 15.4. The van der Waals surface area contributed by atoms with Crippen molar-refractivity contribution in [2.45, 2.75) is 19.9 Å². The Hall–Kier alpha value is -1.69. The molecule has 2 N–H and O–H groups in total. The van der Waals surface area contributed by atoms with Crippen LogP contribution in [0.25, 0.3) is 11.0 Å². The third-order valence-electron chi connectivity index (χ3n) is 2.67. The number of rotatable bonds is 4. The maximum Gasteiger partial charge on any atom is 0.221 e. The van der Waals surface area contributed by atoms with Gasteiger partial charge in [0.2, 0.25) is 5.91 Å². The van der Waals surface area contributed by atoms with Crippen LogP contribution in [0.2, 0.25) is 0 Å². The smallest absolute Gasteiger partial charge is 0.221 e. The number of nitrogens with one attached hydrogen (secondary N) is 2. The SMILES string of the molecule is CCNC(=O)CCn1c(=S)[nH]c2cc(F)ccc21. The van der Waals surface area contributed by atoms with E-state index in [0.29, 0.717) is 29.8 Å². The van der Waals surface area contributed by atoms with Crippen LogP contribution in [0.5, 0.6) is 0 Å². The molecule has 2 rings (SSSR count). The number of amides is 1. The predicted octanol–water partition coefficient (Wildman–Crippen LogP) is 2.36. The molecule has 6 heteroatoms. The summed E-state index contributed by atoms with van der Waals surface area (Å²) in [5.74, 6) is -0.328. The Morgan fingerprint density at radius 3 is 3.06 bits per heavy atom. The van der Waals surface area contributed by atoms with E-state index in [4.69, 9.17) is 12.2 Å². The number of aryl methyl sites for hydroxylation is 1. The first kappa shape index (κ1) is 12.8. The van der Waals surface area contributed by atoms with Gasteiger partial charge in [0.15, 0.2) is 4.77 Å².